The SMILES string of the molecule is COc1cc(/C=C/C(=O)Nc2ccccc2C(=O)NCCN(CCO)CCO)cc(OC)c1OC. The number of methoxy groups -OCH3 is 3. The standard InChI is InChI=1S/C25H33N3O7/c1-33-21-16-18(17-22(34-2)24(21)35-3)8-9-23(31)27-20-7-5-4-6-19(20)25(32)26-10-11-28(12-14-29)13-15-30/h4-9,16-17,29-30H,10-15H2,1-3H3,(H,26,32)(H,27,31)/b9-8+. The summed E-state index contributed by atoms with van der Waals surface area (Å²) in [4.78, 5) is 27.1. The second kappa shape index (κ2) is 14.6. The van der Waals surface area contributed by atoms with E-state index in [1.165, 1.54) is 27.4 Å². The predicted molar refractivity (Wildman–Crippen MR) is 133 cm³/mol. The van der Waals surface area contributed by atoms with E-state index in [9.17, 15) is 9.59 Å². The van der Waals surface area contributed by atoms with Crippen LogP contribution in [0, 0.1) is 0 Å². The fourth-order valence-corrected chi connectivity index (χ4v) is 3.38. The van der Waals surface area contributed by atoms with Crippen LogP contribution in [0.15, 0.2) is 42.5 Å². The highest BCUT2D eigenvalue weighted by Crippen LogP contribution is 2.38. The Kier molecular flexibility index (Phi) is 11.5. The second-order valence-corrected chi connectivity index (χ2v) is 7.37. The topological polar surface area (TPSA) is 130 Å². The van der Waals surface area contributed by atoms with Crippen molar-refractivity contribution >= 4 is 23.6 Å². The zero-order valence-electron chi connectivity index (χ0n) is 20.2. The van der Waals surface area contributed by atoms with Crippen LogP contribution in [0.25, 0.3) is 6.08 Å². The van der Waals surface area contributed by atoms with Crippen LogP contribution in [-0.2, 0) is 4.79 Å². The lowest BCUT2D eigenvalue weighted by atomic mass is 10.1. The summed E-state index contributed by atoms with van der Waals surface area (Å²) < 4.78 is 16.0. The molecule has 0 atom stereocenters. The van der Waals surface area contributed by atoms with Gasteiger partial charge in [-0.2, -0.15) is 0 Å². The smallest absolute Gasteiger partial charge is 0.253 e. The van der Waals surface area contributed by atoms with Crippen molar-refractivity contribution in [3.63, 3.8) is 0 Å². The van der Waals surface area contributed by atoms with E-state index in [0.717, 1.165) is 0 Å². The van der Waals surface area contributed by atoms with E-state index < -0.39 is 5.91 Å². The van der Waals surface area contributed by atoms with Gasteiger partial charge in [-0.3, -0.25) is 14.5 Å². The Morgan fingerprint density at radius 1 is 0.943 bits per heavy atom. The molecule has 0 bridgehead atoms. The first-order valence-corrected chi connectivity index (χ1v) is 11.1. The van der Waals surface area contributed by atoms with E-state index in [1.54, 1.807) is 42.5 Å². The van der Waals surface area contributed by atoms with Gasteiger partial charge in [0.1, 0.15) is 0 Å². The Morgan fingerprint density at radius 3 is 2.14 bits per heavy atom. The Bertz CT molecular complexity index is 979. The molecule has 0 aromatic heterocycles. The summed E-state index contributed by atoms with van der Waals surface area (Å²) in [5.74, 6) is 0.613. The molecule has 2 aromatic rings. The number of anilines is 1. The number of benzene rings is 2. The van der Waals surface area contributed by atoms with Crippen molar-refractivity contribution in [3.05, 3.63) is 53.6 Å². The minimum Gasteiger partial charge on any atom is -0.493 e. The third-order valence-electron chi connectivity index (χ3n) is 5.09. The molecular formula is C25H33N3O7. The molecule has 0 heterocycles. The molecule has 0 aliphatic carbocycles. The molecule has 0 radical (unpaired) electrons. The molecule has 4 N–H and O–H groups in total. The van der Waals surface area contributed by atoms with Crippen LogP contribution >= 0.6 is 0 Å². The summed E-state index contributed by atoms with van der Waals surface area (Å²) in [7, 11) is 4.53. The number of nitrogens with one attached hydrogen (secondary N) is 2. The van der Waals surface area contributed by atoms with E-state index in [-0.39, 0.29) is 19.1 Å². The predicted octanol–water partition coefficient (Wildman–Crippen LogP) is 1.38. The third-order valence-corrected chi connectivity index (χ3v) is 5.09. The monoisotopic (exact) mass is 487 g/mol. The van der Waals surface area contributed by atoms with E-state index in [0.29, 0.717) is 60.2 Å². The van der Waals surface area contributed by atoms with Crippen molar-refractivity contribution in [1.82, 2.24) is 10.2 Å². The minimum atomic E-state index is -0.420. The van der Waals surface area contributed by atoms with Crippen LogP contribution in [0.2, 0.25) is 0 Å². The van der Waals surface area contributed by atoms with Crippen LogP contribution in [0.4, 0.5) is 5.69 Å². The summed E-state index contributed by atoms with van der Waals surface area (Å²) in [5.41, 5.74) is 1.35. The van der Waals surface area contributed by atoms with E-state index >= 15 is 0 Å². The second-order valence-electron chi connectivity index (χ2n) is 7.37. The van der Waals surface area contributed by atoms with Gasteiger partial charge in [0, 0.05) is 32.3 Å². The van der Waals surface area contributed by atoms with Gasteiger partial charge in [-0.1, -0.05) is 12.1 Å². The van der Waals surface area contributed by atoms with Gasteiger partial charge in [-0.15, -0.1) is 0 Å². The maximum atomic E-state index is 12.7. The Morgan fingerprint density at radius 2 is 1.57 bits per heavy atom. The number of carbonyl (C=O) groups excluding carboxylic acids is 2. The molecule has 0 fully saturated rings. The maximum Gasteiger partial charge on any atom is 0.253 e. The van der Waals surface area contributed by atoms with Crippen LogP contribution in [0.1, 0.15) is 15.9 Å². The molecule has 10 heteroatoms. The number of aliphatic hydroxyl groups is 2. The van der Waals surface area contributed by atoms with Crippen molar-refractivity contribution in [2.24, 2.45) is 0 Å². The summed E-state index contributed by atoms with van der Waals surface area (Å²) in [5, 5.41) is 23.7. The highest BCUT2D eigenvalue weighted by molar-refractivity contribution is 6.07. The lowest BCUT2D eigenvalue weighted by Crippen LogP contribution is -2.38. The molecule has 2 amide bonds. The van der Waals surface area contributed by atoms with Crippen LogP contribution < -0.4 is 24.8 Å². The highest BCUT2D eigenvalue weighted by Gasteiger charge is 2.14. The molecule has 2 rings (SSSR count). The molecule has 0 aliphatic heterocycles. The molecule has 2 aromatic carbocycles. The van der Waals surface area contributed by atoms with Crippen molar-refractivity contribution < 1.29 is 34.0 Å². The fraction of sp³-hybridized carbons (Fsp3) is 0.360. The van der Waals surface area contributed by atoms with E-state index in [2.05, 4.69) is 10.6 Å². The van der Waals surface area contributed by atoms with Gasteiger partial charge in [-0.25, -0.2) is 0 Å². The maximum absolute atomic E-state index is 12.7. The van der Waals surface area contributed by atoms with Gasteiger partial charge in [0.2, 0.25) is 11.7 Å². The van der Waals surface area contributed by atoms with Crippen molar-refractivity contribution in [1.29, 1.82) is 0 Å². The van der Waals surface area contributed by atoms with Gasteiger partial charge in [0.05, 0.1) is 45.8 Å². The zero-order chi connectivity index (χ0) is 25.6. The first-order chi connectivity index (χ1) is 17.0. The molecule has 0 spiro atoms. The number of hydrogen-bond acceptors (Lipinski definition) is 8. The first kappa shape index (κ1) is 27.6. The average Bonchev–Trinajstić information content (AvgIpc) is 2.87. The number of hydrogen-bond donors (Lipinski definition) is 4. The number of amides is 2. The van der Waals surface area contributed by atoms with E-state index in [1.807, 2.05) is 4.90 Å². The number of para-hydroxylation sites is 1. The minimum absolute atomic E-state index is 0.0353. The van der Waals surface area contributed by atoms with Crippen molar-refractivity contribution in [3.8, 4) is 17.2 Å². The number of nitrogens with zero attached hydrogens (tertiary/aromatic N) is 1. The molecule has 0 saturated carbocycles. The van der Waals surface area contributed by atoms with Gasteiger partial charge < -0.3 is 35.1 Å². The van der Waals surface area contributed by atoms with E-state index in [4.69, 9.17) is 24.4 Å². The molecular weight excluding hydrogens is 454 g/mol. The summed E-state index contributed by atoms with van der Waals surface area (Å²) in [6.45, 7) is 1.53. The largest absolute Gasteiger partial charge is 0.493 e. The Balaban J connectivity index is 2.06. The molecule has 35 heavy (non-hydrogen) atoms. The molecule has 10 nitrogen and oxygen atoms in total. The Labute approximate surface area is 205 Å². The Hall–Kier alpha value is -3.60. The number of ether oxygens (including phenoxy) is 3. The summed E-state index contributed by atoms with van der Waals surface area (Å²) >= 11 is 0. The lowest BCUT2D eigenvalue weighted by molar-refractivity contribution is -0.111. The highest BCUT2D eigenvalue weighted by atomic mass is 16.5. The molecule has 0 unspecified atom stereocenters. The normalized spacial score (nSPS) is 10.9. The van der Waals surface area contributed by atoms with Crippen LogP contribution in [-0.4, -0.2) is 87.6 Å². The molecule has 0 aliphatic rings. The van der Waals surface area contributed by atoms with Gasteiger partial charge >= 0.3 is 0 Å². The zero-order valence-corrected chi connectivity index (χ0v) is 20.2. The van der Waals surface area contributed by atoms with Crippen LogP contribution in [0.5, 0.6) is 17.2 Å². The average molecular weight is 488 g/mol. The third kappa shape index (κ3) is 8.29. The quantitative estimate of drug-likeness (QED) is 0.294. The van der Waals surface area contributed by atoms with Crippen LogP contribution in [0.3, 0.4) is 0 Å². The number of aliphatic hydroxyl groups excluding tert-OH is 2. The summed E-state index contributed by atoms with van der Waals surface area (Å²) in [6.07, 6.45) is 2.94. The van der Waals surface area contributed by atoms with Crippen molar-refractivity contribution in [2.75, 3.05) is 66.0 Å². The first-order valence-electron chi connectivity index (χ1n) is 11.1. The lowest BCUT2D eigenvalue weighted by Gasteiger charge is -2.20. The summed E-state index contributed by atoms with van der Waals surface area (Å²) in [6, 6.07) is 10.1. The van der Waals surface area contributed by atoms with Gasteiger partial charge in [-0.05, 0) is 35.9 Å². The fourth-order valence-electron chi connectivity index (χ4n) is 3.38. The number of rotatable bonds is 14. The molecule has 0 saturated heterocycles. The van der Waals surface area contributed by atoms with Crippen molar-refractivity contribution in [2.45, 2.75) is 0 Å². The number of carbonyl (C=O) groups is 2. The van der Waals surface area contributed by atoms with Gasteiger partial charge in [0.15, 0.2) is 11.5 Å². The van der Waals surface area contributed by atoms with Gasteiger partial charge in [0.25, 0.3) is 5.91 Å². The molecule has 190 valence electrons.